The standard InChI is InChI=1S/C8H13NO4/c10-8(6-9(11)12)13-7-4-2-1-3-5-7/h7H,1-6H2. The number of ether oxygens (including phenoxy) is 1. The van der Waals surface area contributed by atoms with E-state index in [2.05, 4.69) is 0 Å². The van der Waals surface area contributed by atoms with E-state index in [0.717, 1.165) is 25.7 Å². The summed E-state index contributed by atoms with van der Waals surface area (Å²) in [7, 11) is 0. The maximum absolute atomic E-state index is 10.9. The van der Waals surface area contributed by atoms with E-state index in [1.54, 1.807) is 0 Å². The summed E-state index contributed by atoms with van der Waals surface area (Å²) in [5.74, 6) is -0.711. The van der Waals surface area contributed by atoms with Gasteiger partial charge in [0.15, 0.2) is 0 Å². The minimum absolute atomic E-state index is 0.0822. The van der Waals surface area contributed by atoms with Gasteiger partial charge in [-0.25, -0.2) is 4.79 Å². The second-order valence-electron chi connectivity index (χ2n) is 3.24. The topological polar surface area (TPSA) is 69.4 Å². The van der Waals surface area contributed by atoms with Crippen LogP contribution in [-0.4, -0.2) is 23.5 Å². The molecule has 1 fully saturated rings. The van der Waals surface area contributed by atoms with Gasteiger partial charge in [0.05, 0.1) is 0 Å². The van der Waals surface area contributed by atoms with Gasteiger partial charge < -0.3 is 4.74 Å². The van der Waals surface area contributed by atoms with Gasteiger partial charge in [0.2, 0.25) is 0 Å². The predicted octanol–water partition coefficient (Wildman–Crippen LogP) is 1.14. The molecule has 5 nitrogen and oxygen atoms in total. The van der Waals surface area contributed by atoms with Crippen molar-refractivity contribution >= 4 is 5.97 Å². The van der Waals surface area contributed by atoms with E-state index in [9.17, 15) is 14.9 Å². The van der Waals surface area contributed by atoms with Crippen LogP contribution in [0.15, 0.2) is 0 Å². The van der Waals surface area contributed by atoms with Crippen LogP contribution in [-0.2, 0) is 9.53 Å². The molecule has 0 aromatic carbocycles. The minimum Gasteiger partial charge on any atom is -0.458 e. The number of hydrogen-bond acceptors (Lipinski definition) is 4. The maximum Gasteiger partial charge on any atom is 0.378 e. The summed E-state index contributed by atoms with van der Waals surface area (Å²) < 4.78 is 4.92. The first-order chi connectivity index (χ1) is 6.18. The largest absolute Gasteiger partial charge is 0.458 e. The summed E-state index contributed by atoms with van der Waals surface area (Å²) in [6.45, 7) is -0.712. The van der Waals surface area contributed by atoms with Crippen molar-refractivity contribution in [3.05, 3.63) is 10.1 Å². The number of nitrogens with zero attached hydrogens (tertiary/aromatic N) is 1. The average molecular weight is 187 g/mol. The molecule has 1 saturated carbocycles. The Hall–Kier alpha value is -1.13. The molecule has 74 valence electrons. The molecular weight excluding hydrogens is 174 g/mol. The molecular formula is C8H13NO4. The molecule has 0 bridgehead atoms. The van der Waals surface area contributed by atoms with Crippen LogP contribution in [0.5, 0.6) is 0 Å². The van der Waals surface area contributed by atoms with Crippen LogP contribution in [0.25, 0.3) is 0 Å². The summed E-state index contributed by atoms with van der Waals surface area (Å²) in [5, 5.41) is 9.96. The lowest BCUT2D eigenvalue weighted by Crippen LogP contribution is -2.25. The number of nitro groups is 1. The molecule has 1 rings (SSSR count). The first-order valence-corrected chi connectivity index (χ1v) is 4.50. The van der Waals surface area contributed by atoms with E-state index in [4.69, 9.17) is 4.74 Å². The second-order valence-corrected chi connectivity index (χ2v) is 3.24. The fourth-order valence-corrected chi connectivity index (χ4v) is 1.51. The van der Waals surface area contributed by atoms with E-state index in [1.165, 1.54) is 6.42 Å². The molecule has 0 saturated heterocycles. The number of carbonyl (C=O) groups excluding carboxylic acids is 1. The van der Waals surface area contributed by atoms with Crippen molar-refractivity contribution in [1.82, 2.24) is 0 Å². The minimum atomic E-state index is -0.712. The zero-order chi connectivity index (χ0) is 9.68. The lowest BCUT2D eigenvalue weighted by Gasteiger charge is -2.20. The van der Waals surface area contributed by atoms with Crippen molar-refractivity contribution in [3.8, 4) is 0 Å². The average Bonchev–Trinajstić information content (AvgIpc) is 2.04. The summed E-state index contributed by atoms with van der Waals surface area (Å²) >= 11 is 0. The molecule has 0 radical (unpaired) electrons. The number of rotatable bonds is 3. The van der Waals surface area contributed by atoms with Crippen LogP contribution in [0.2, 0.25) is 0 Å². The van der Waals surface area contributed by atoms with Gasteiger partial charge in [0, 0.05) is 4.92 Å². The summed E-state index contributed by atoms with van der Waals surface area (Å²) in [6, 6.07) is 0. The highest BCUT2D eigenvalue weighted by Crippen LogP contribution is 2.20. The molecule has 1 aliphatic carbocycles. The summed E-state index contributed by atoms with van der Waals surface area (Å²) in [4.78, 5) is 20.2. The van der Waals surface area contributed by atoms with Gasteiger partial charge in [0.25, 0.3) is 6.54 Å². The summed E-state index contributed by atoms with van der Waals surface area (Å²) in [5.41, 5.74) is 0. The Bertz CT molecular complexity index is 198. The smallest absolute Gasteiger partial charge is 0.378 e. The Labute approximate surface area is 76.2 Å². The molecule has 0 aromatic rings. The fourth-order valence-electron chi connectivity index (χ4n) is 1.51. The molecule has 0 N–H and O–H groups in total. The zero-order valence-corrected chi connectivity index (χ0v) is 7.40. The molecule has 1 aliphatic rings. The molecule has 13 heavy (non-hydrogen) atoms. The molecule has 0 amide bonds. The Morgan fingerprint density at radius 2 is 2.00 bits per heavy atom. The van der Waals surface area contributed by atoms with Crippen LogP contribution >= 0.6 is 0 Å². The molecule has 0 aromatic heterocycles. The van der Waals surface area contributed by atoms with E-state index in [0.29, 0.717) is 0 Å². The van der Waals surface area contributed by atoms with Gasteiger partial charge in [-0.3, -0.25) is 10.1 Å². The number of hydrogen-bond donors (Lipinski definition) is 0. The van der Waals surface area contributed by atoms with Crippen LogP contribution in [0.3, 0.4) is 0 Å². The SMILES string of the molecule is O=C(C[N+](=O)[O-])OC1CCCCC1. The van der Waals surface area contributed by atoms with Crippen LogP contribution in [0.4, 0.5) is 0 Å². The number of carbonyl (C=O) groups is 1. The van der Waals surface area contributed by atoms with Crippen LogP contribution in [0, 0.1) is 10.1 Å². The number of esters is 1. The highest BCUT2D eigenvalue weighted by molar-refractivity contribution is 5.70. The van der Waals surface area contributed by atoms with Gasteiger partial charge >= 0.3 is 5.97 Å². The highest BCUT2D eigenvalue weighted by atomic mass is 16.6. The second kappa shape index (κ2) is 4.79. The lowest BCUT2D eigenvalue weighted by atomic mass is 9.98. The highest BCUT2D eigenvalue weighted by Gasteiger charge is 2.20. The van der Waals surface area contributed by atoms with Gasteiger partial charge in [-0.2, -0.15) is 0 Å². The molecule has 0 unspecified atom stereocenters. The third-order valence-corrected chi connectivity index (χ3v) is 2.11. The molecule has 0 atom stereocenters. The van der Waals surface area contributed by atoms with Crippen molar-refractivity contribution in [1.29, 1.82) is 0 Å². The Morgan fingerprint density at radius 3 is 2.54 bits per heavy atom. The summed E-state index contributed by atoms with van der Waals surface area (Å²) in [6.07, 6.45) is 4.89. The molecule has 5 heteroatoms. The van der Waals surface area contributed by atoms with Crippen molar-refractivity contribution in [2.24, 2.45) is 0 Å². The first-order valence-electron chi connectivity index (χ1n) is 4.50. The first kappa shape index (κ1) is 9.95. The predicted molar refractivity (Wildman–Crippen MR) is 44.8 cm³/mol. The normalized spacial score (nSPS) is 18.2. The quantitative estimate of drug-likeness (QED) is 0.377. The van der Waals surface area contributed by atoms with Gasteiger partial charge in [-0.1, -0.05) is 6.42 Å². The Kier molecular flexibility index (Phi) is 3.67. The van der Waals surface area contributed by atoms with E-state index >= 15 is 0 Å². The molecule has 0 heterocycles. The van der Waals surface area contributed by atoms with Gasteiger partial charge in [-0.05, 0) is 25.7 Å². The van der Waals surface area contributed by atoms with Crippen LogP contribution in [0.1, 0.15) is 32.1 Å². The van der Waals surface area contributed by atoms with E-state index in [1.807, 2.05) is 0 Å². The third kappa shape index (κ3) is 3.87. The van der Waals surface area contributed by atoms with Crippen molar-refractivity contribution < 1.29 is 14.5 Å². The third-order valence-electron chi connectivity index (χ3n) is 2.11. The van der Waals surface area contributed by atoms with Gasteiger partial charge in [0.1, 0.15) is 6.10 Å². The van der Waals surface area contributed by atoms with Crippen LogP contribution < -0.4 is 0 Å². The van der Waals surface area contributed by atoms with E-state index < -0.39 is 17.4 Å². The van der Waals surface area contributed by atoms with Crippen molar-refractivity contribution in [3.63, 3.8) is 0 Å². The van der Waals surface area contributed by atoms with Crippen molar-refractivity contribution in [2.75, 3.05) is 6.54 Å². The molecule has 0 aliphatic heterocycles. The molecule has 0 spiro atoms. The fraction of sp³-hybridized carbons (Fsp3) is 0.875. The van der Waals surface area contributed by atoms with Crippen molar-refractivity contribution in [2.45, 2.75) is 38.2 Å². The Morgan fingerprint density at radius 1 is 1.38 bits per heavy atom. The van der Waals surface area contributed by atoms with E-state index in [-0.39, 0.29) is 6.10 Å². The Balaban J connectivity index is 2.22. The monoisotopic (exact) mass is 187 g/mol. The van der Waals surface area contributed by atoms with Gasteiger partial charge in [-0.15, -0.1) is 0 Å². The lowest BCUT2D eigenvalue weighted by molar-refractivity contribution is -0.470. The zero-order valence-electron chi connectivity index (χ0n) is 7.40. The maximum atomic E-state index is 10.9.